The van der Waals surface area contributed by atoms with E-state index in [1.54, 1.807) is 0 Å². The van der Waals surface area contributed by atoms with Crippen molar-refractivity contribution in [1.82, 2.24) is 0 Å². The summed E-state index contributed by atoms with van der Waals surface area (Å²) >= 11 is 9.34. The van der Waals surface area contributed by atoms with Crippen LogP contribution in [0.25, 0.3) is 81.4 Å². The van der Waals surface area contributed by atoms with Gasteiger partial charge in [-0.3, -0.25) is 0 Å². The Labute approximate surface area is 232 Å². The van der Waals surface area contributed by atoms with E-state index in [-0.39, 0.29) is 0 Å². The molecule has 0 amide bonds. The number of hydrogen-bond acceptors (Lipinski definition) is 5. The van der Waals surface area contributed by atoms with Gasteiger partial charge >= 0.3 is 0 Å². The van der Waals surface area contributed by atoms with Gasteiger partial charge in [0.15, 0.2) is 0 Å². The first kappa shape index (κ1) is 20.9. The molecule has 0 aliphatic carbocycles. The molecule has 0 radical (unpaired) electrons. The Hall–Kier alpha value is -3.06. The predicted octanol–water partition coefficient (Wildman–Crippen LogP) is 12.2. The number of fused-ring (bicyclic) bond motifs is 9. The first-order valence-corrected chi connectivity index (χ1v) is 16.3. The van der Waals surface area contributed by atoms with Crippen molar-refractivity contribution >= 4 is 117 Å². The Morgan fingerprint density at radius 2 is 0.730 bits per heavy atom. The van der Waals surface area contributed by atoms with Crippen LogP contribution in [0.3, 0.4) is 0 Å². The number of thiophene rings is 5. The molecule has 0 fully saturated rings. The van der Waals surface area contributed by atoms with E-state index in [2.05, 4.69) is 95.7 Å². The number of benzene rings is 4. The number of rotatable bonds is 2. The zero-order valence-electron chi connectivity index (χ0n) is 19.3. The van der Waals surface area contributed by atoms with Crippen molar-refractivity contribution in [2.24, 2.45) is 0 Å². The van der Waals surface area contributed by atoms with Crippen LogP contribution in [0.1, 0.15) is 0 Å². The van der Waals surface area contributed by atoms with Crippen molar-refractivity contribution in [2.45, 2.75) is 0 Å². The molecule has 0 bridgehead atoms. The highest BCUT2D eigenvalue weighted by molar-refractivity contribution is 7.26. The van der Waals surface area contributed by atoms with Gasteiger partial charge in [0.2, 0.25) is 0 Å². The molecule has 0 atom stereocenters. The third-order valence-electron chi connectivity index (χ3n) is 7.30. The molecule has 0 spiro atoms. The van der Waals surface area contributed by atoms with E-state index in [0.29, 0.717) is 0 Å². The van der Waals surface area contributed by atoms with Gasteiger partial charge in [0, 0.05) is 70.3 Å². The standard InChI is InChI=1S/C32H16S5/c1-3-27-21(13-17(1)31-15-23-19-9-11-33-25(19)5-7-29(23)36-31)22-14-18(2-4-28(22)35-27)32-16-24-20-10-12-34-26(20)6-8-30(24)37-32/h1-16H. The highest BCUT2D eigenvalue weighted by Crippen LogP contribution is 2.44. The van der Waals surface area contributed by atoms with Crippen LogP contribution < -0.4 is 0 Å². The van der Waals surface area contributed by atoms with Crippen LogP contribution in [0.2, 0.25) is 0 Å². The maximum atomic E-state index is 2.41. The van der Waals surface area contributed by atoms with Gasteiger partial charge in [-0.15, -0.1) is 56.7 Å². The Balaban J connectivity index is 1.21. The van der Waals surface area contributed by atoms with Gasteiger partial charge in [0.05, 0.1) is 0 Å². The van der Waals surface area contributed by atoms with Crippen molar-refractivity contribution in [3.8, 4) is 20.9 Å². The summed E-state index contributed by atoms with van der Waals surface area (Å²) in [5.41, 5.74) is 2.62. The van der Waals surface area contributed by atoms with E-state index < -0.39 is 0 Å². The summed E-state index contributed by atoms with van der Waals surface area (Å²) in [6.45, 7) is 0. The molecule has 0 nitrogen and oxygen atoms in total. The zero-order chi connectivity index (χ0) is 24.1. The fourth-order valence-electron chi connectivity index (χ4n) is 5.50. The second-order valence-electron chi connectivity index (χ2n) is 9.36. The van der Waals surface area contributed by atoms with Crippen molar-refractivity contribution in [3.63, 3.8) is 0 Å². The summed E-state index contributed by atoms with van der Waals surface area (Å²) in [5, 5.41) is 12.6. The molecule has 0 aliphatic rings. The lowest BCUT2D eigenvalue weighted by Gasteiger charge is -2.00. The van der Waals surface area contributed by atoms with Crippen LogP contribution in [-0.4, -0.2) is 0 Å². The minimum Gasteiger partial charge on any atom is -0.144 e. The van der Waals surface area contributed by atoms with E-state index in [1.165, 1.54) is 81.4 Å². The molecule has 5 aromatic heterocycles. The molecule has 0 aliphatic heterocycles. The van der Waals surface area contributed by atoms with Gasteiger partial charge in [-0.25, -0.2) is 0 Å². The van der Waals surface area contributed by atoms with Crippen LogP contribution in [0.4, 0.5) is 0 Å². The normalized spacial score (nSPS) is 12.3. The lowest BCUT2D eigenvalue weighted by atomic mass is 10.0. The SMILES string of the molecule is c1cc2c(ccc3sc(-c4ccc5sc6ccc(-c7cc8c(ccc9sccc98)s7)cc6c5c4)cc32)s1. The topological polar surface area (TPSA) is 0 Å². The van der Waals surface area contributed by atoms with Gasteiger partial charge in [-0.1, -0.05) is 12.1 Å². The fourth-order valence-corrected chi connectivity index (χ4v) is 10.3. The summed E-state index contributed by atoms with van der Waals surface area (Å²) in [4.78, 5) is 2.69. The van der Waals surface area contributed by atoms with E-state index in [9.17, 15) is 0 Å². The number of hydrogen-bond donors (Lipinski definition) is 0. The van der Waals surface area contributed by atoms with Crippen LogP contribution in [-0.2, 0) is 0 Å². The second kappa shape index (κ2) is 7.73. The third-order valence-corrected chi connectivity index (χ3v) is 12.5. The minimum atomic E-state index is 1.31. The van der Waals surface area contributed by atoms with E-state index in [1.807, 2.05) is 56.7 Å². The molecule has 0 unspecified atom stereocenters. The lowest BCUT2D eigenvalue weighted by Crippen LogP contribution is -1.74. The fraction of sp³-hybridized carbons (Fsp3) is 0. The van der Waals surface area contributed by atoms with E-state index >= 15 is 0 Å². The molecule has 0 N–H and O–H groups in total. The molecule has 5 heterocycles. The average Bonchev–Trinajstić information content (AvgIpc) is 3.74. The first-order valence-electron chi connectivity index (χ1n) is 12.1. The van der Waals surface area contributed by atoms with Crippen molar-refractivity contribution in [3.05, 3.63) is 95.7 Å². The molecule has 9 rings (SSSR count). The van der Waals surface area contributed by atoms with E-state index in [0.717, 1.165) is 0 Å². The van der Waals surface area contributed by atoms with Gasteiger partial charge < -0.3 is 0 Å². The van der Waals surface area contributed by atoms with Crippen LogP contribution in [0.5, 0.6) is 0 Å². The third kappa shape index (κ3) is 3.09. The zero-order valence-corrected chi connectivity index (χ0v) is 23.4. The average molecular weight is 561 g/mol. The summed E-state index contributed by atoms with van der Waals surface area (Å²) in [6, 6.07) is 32.4. The first-order chi connectivity index (χ1) is 18.3. The molecule has 0 saturated heterocycles. The summed E-state index contributed by atoms with van der Waals surface area (Å²) in [7, 11) is 0. The van der Waals surface area contributed by atoms with Gasteiger partial charge in [0.25, 0.3) is 0 Å². The van der Waals surface area contributed by atoms with Crippen LogP contribution >= 0.6 is 56.7 Å². The second-order valence-corrected chi connectivity index (χ2v) is 14.5. The van der Waals surface area contributed by atoms with Crippen molar-refractivity contribution in [1.29, 1.82) is 0 Å². The summed E-state index contributed by atoms with van der Waals surface area (Å²) < 4.78 is 8.17. The molecular formula is C32H16S5. The van der Waals surface area contributed by atoms with Gasteiger partial charge in [0.1, 0.15) is 0 Å². The molecule has 5 heteroatoms. The Morgan fingerprint density at radius 1 is 0.324 bits per heavy atom. The minimum absolute atomic E-state index is 1.31. The molecule has 9 aromatic rings. The maximum Gasteiger partial charge on any atom is 0.0356 e. The molecule has 0 saturated carbocycles. The summed E-state index contributed by atoms with van der Waals surface area (Å²) in [5.74, 6) is 0. The largest absolute Gasteiger partial charge is 0.144 e. The highest BCUT2D eigenvalue weighted by atomic mass is 32.1. The quantitative estimate of drug-likeness (QED) is 0.197. The maximum absolute atomic E-state index is 2.41. The van der Waals surface area contributed by atoms with E-state index in [4.69, 9.17) is 0 Å². The lowest BCUT2D eigenvalue weighted by molar-refractivity contribution is 1.80. The van der Waals surface area contributed by atoms with Crippen molar-refractivity contribution in [2.75, 3.05) is 0 Å². The Bertz CT molecular complexity index is 2150. The van der Waals surface area contributed by atoms with Crippen LogP contribution in [0, 0.1) is 0 Å². The van der Waals surface area contributed by atoms with Gasteiger partial charge in [-0.2, -0.15) is 0 Å². The molecule has 4 aromatic carbocycles. The molecule has 174 valence electrons. The monoisotopic (exact) mass is 560 g/mol. The highest BCUT2D eigenvalue weighted by Gasteiger charge is 2.13. The van der Waals surface area contributed by atoms with Crippen molar-refractivity contribution < 1.29 is 0 Å². The molecule has 37 heavy (non-hydrogen) atoms. The smallest absolute Gasteiger partial charge is 0.0356 e. The predicted molar refractivity (Wildman–Crippen MR) is 172 cm³/mol. The van der Waals surface area contributed by atoms with Crippen LogP contribution in [0.15, 0.2) is 95.7 Å². The summed E-state index contributed by atoms with van der Waals surface area (Å²) in [6.07, 6.45) is 0. The molecular weight excluding hydrogens is 545 g/mol. The Morgan fingerprint density at radius 3 is 1.24 bits per heavy atom. The Kier molecular flexibility index (Phi) is 4.37. The van der Waals surface area contributed by atoms with Gasteiger partial charge in [-0.05, 0) is 94.7 Å².